The summed E-state index contributed by atoms with van der Waals surface area (Å²) in [7, 11) is 2.58. The number of aliphatic hydroxyl groups is 1. The monoisotopic (exact) mass is 430 g/mol. The zero-order chi connectivity index (χ0) is 22.0. The molecule has 0 aliphatic heterocycles. The normalized spacial score (nSPS) is 11.8. The molecule has 0 radical (unpaired) electrons. The lowest BCUT2D eigenvalue weighted by Gasteiger charge is -2.21. The SMILES string of the molecule is CCCCCCCCCCCCOS(=O)(=O)c1ccccc1.C[N+](C)(C)CCO. The number of hydrogen-bond donors (Lipinski definition) is 1. The van der Waals surface area contributed by atoms with E-state index in [1.54, 1.807) is 30.3 Å². The van der Waals surface area contributed by atoms with Crippen molar-refractivity contribution in [3.63, 3.8) is 0 Å². The maximum Gasteiger partial charge on any atom is 0.296 e. The van der Waals surface area contributed by atoms with Crippen molar-refractivity contribution in [1.29, 1.82) is 0 Å². The minimum absolute atomic E-state index is 0.238. The fourth-order valence-electron chi connectivity index (χ4n) is 2.71. The molecule has 0 amide bonds. The molecule has 0 atom stereocenters. The van der Waals surface area contributed by atoms with Crippen molar-refractivity contribution in [3.8, 4) is 0 Å². The van der Waals surface area contributed by atoms with Crippen molar-refractivity contribution in [2.75, 3.05) is 40.9 Å². The summed E-state index contributed by atoms with van der Waals surface area (Å²) >= 11 is 0. The second kappa shape index (κ2) is 16.8. The fourth-order valence-corrected chi connectivity index (χ4v) is 3.68. The standard InChI is InChI=1S/C18H30O3S.C5H14NO/c1-2-3-4-5-6-7-8-9-10-14-17-21-22(19,20)18-15-12-11-13-16-18;1-6(2,3)4-5-7/h11-13,15-16H,2-10,14,17H2,1H3;7H,4-5H2,1-3H3/q;+1. The molecule has 1 rings (SSSR count). The van der Waals surface area contributed by atoms with Crippen molar-refractivity contribution in [1.82, 2.24) is 0 Å². The molecule has 0 saturated heterocycles. The van der Waals surface area contributed by atoms with E-state index >= 15 is 0 Å². The molecule has 29 heavy (non-hydrogen) atoms. The molecule has 1 aromatic rings. The highest BCUT2D eigenvalue weighted by Crippen LogP contribution is 2.13. The maximum atomic E-state index is 11.9. The molecule has 5 nitrogen and oxygen atoms in total. The lowest BCUT2D eigenvalue weighted by molar-refractivity contribution is -0.870. The predicted octanol–water partition coefficient (Wildman–Crippen LogP) is 5.00. The molecule has 1 N–H and O–H groups in total. The zero-order valence-electron chi connectivity index (χ0n) is 19.1. The van der Waals surface area contributed by atoms with E-state index in [-0.39, 0.29) is 18.1 Å². The minimum atomic E-state index is -3.57. The summed E-state index contributed by atoms with van der Waals surface area (Å²) in [5, 5.41) is 8.39. The molecule has 0 spiro atoms. The van der Waals surface area contributed by atoms with Gasteiger partial charge >= 0.3 is 0 Å². The van der Waals surface area contributed by atoms with E-state index in [2.05, 4.69) is 28.1 Å². The molecule has 170 valence electrons. The third-order valence-corrected chi connectivity index (χ3v) is 5.87. The van der Waals surface area contributed by atoms with Crippen LogP contribution in [0.4, 0.5) is 0 Å². The van der Waals surface area contributed by atoms with Gasteiger partial charge in [-0.05, 0) is 18.6 Å². The highest BCUT2D eigenvalue weighted by molar-refractivity contribution is 7.86. The van der Waals surface area contributed by atoms with E-state index in [0.717, 1.165) is 23.9 Å². The van der Waals surface area contributed by atoms with Crippen LogP contribution in [0.15, 0.2) is 35.2 Å². The van der Waals surface area contributed by atoms with Gasteiger partial charge in [0.05, 0.1) is 39.3 Å². The first-order valence-electron chi connectivity index (χ1n) is 11.1. The molecule has 0 aromatic heterocycles. The average Bonchev–Trinajstić information content (AvgIpc) is 2.66. The third-order valence-electron chi connectivity index (χ3n) is 4.54. The zero-order valence-corrected chi connectivity index (χ0v) is 19.9. The molecular weight excluding hydrogens is 386 g/mol. The lowest BCUT2D eigenvalue weighted by atomic mass is 10.1. The van der Waals surface area contributed by atoms with Crippen molar-refractivity contribution >= 4 is 10.1 Å². The highest BCUT2D eigenvalue weighted by Gasteiger charge is 2.13. The van der Waals surface area contributed by atoms with Crippen LogP contribution in [-0.2, 0) is 14.3 Å². The van der Waals surface area contributed by atoms with Gasteiger partial charge in [0.25, 0.3) is 10.1 Å². The third kappa shape index (κ3) is 17.6. The van der Waals surface area contributed by atoms with E-state index in [1.165, 1.54) is 51.4 Å². The number of aliphatic hydroxyl groups excluding tert-OH is 1. The van der Waals surface area contributed by atoms with Crippen LogP contribution in [0.1, 0.15) is 71.1 Å². The summed E-state index contributed by atoms with van der Waals surface area (Å²) in [5.74, 6) is 0. The van der Waals surface area contributed by atoms with Gasteiger partial charge in [0.15, 0.2) is 0 Å². The van der Waals surface area contributed by atoms with Gasteiger partial charge in [-0.3, -0.25) is 4.18 Å². The van der Waals surface area contributed by atoms with Crippen LogP contribution in [0.25, 0.3) is 0 Å². The molecule has 0 bridgehead atoms. The Balaban J connectivity index is 0.000000956. The second-order valence-electron chi connectivity index (χ2n) is 8.51. The molecular formula is C23H44NO4S+. The number of rotatable bonds is 15. The van der Waals surface area contributed by atoms with Crippen molar-refractivity contribution in [2.45, 2.75) is 76.0 Å². The van der Waals surface area contributed by atoms with Crippen LogP contribution in [-0.4, -0.2) is 58.9 Å². The van der Waals surface area contributed by atoms with E-state index in [0.29, 0.717) is 0 Å². The Bertz CT molecular complexity index is 583. The van der Waals surface area contributed by atoms with Crippen LogP contribution in [0.3, 0.4) is 0 Å². The molecule has 0 aliphatic rings. The minimum Gasteiger partial charge on any atom is -0.391 e. The Morgan fingerprint density at radius 3 is 1.72 bits per heavy atom. The summed E-state index contributed by atoms with van der Waals surface area (Å²) in [6.45, 7) is 3.64. The van der Waals surface area contributed by atoms with Gasteiger partial charge in [-0.15, -0.1) is 0 Å². The average molecular weight is 431 g/mol. The summed E-state index contributed by atoms with van der Waals surface area (Å²) in [4.78, 5) is 0.238. The van der Waals surface area contributed by atoms with Crippen LogP contribution in [0, 0.1) is 0 Å². The fraction of sp³-hybridized carbons (Fsp3) is 0.739. The number of quaternary nitrogens is 1. The van der Waals surface area contributed by atoms with E-state index in [9.17, 15) is 8.42 Å². The van der Waals surface area contributed by atoms with Gasteiger partial charge < -0.3 is 9.59 Å². The van der Waals surface area contributed by atoms with Gasteiger partial charge in [-0.25, -0.2) is 0 Å². The largest absolute Gasteiger partial charge is 0.391 e. The van der Waals surface area contributed by atoms with Crippen LogP contribution >= 0.6 is 0 Å². The Hall–Kier alpha value is -0.950. The van der Waals surface area contributed by atoms with E-state index in [1.807, 2.05) is 0 Å². The van der Waals surface area contributed by atoms with E-state index in [4.69, 9.17) is 9.29 Å². The maximum absolute atomic E-state index is 11.9. The van der Waals surface area contributed by atoms with E-state index < -0.39 is 10.1 Å². The first-order chi connectivity index (χ1) is 13.7. The lowest BCUT2D eigenvalue weighted by Crippen LogP contribution is -2.36. The first kappa shape index (κ1) is 28.1. The predicted molar refractivity (Wildman–Crippen MR) is 121 cm³/mol. The molecule has 6 heteroatoms. The Labute approximate surface area is 179 Å². The van der Waals surface area contributed by atoms with Gasteiger partial charge in [-0.1, -0.05) is 82.9 Å². The smallest absolute Gasteiger partial charge is 0.296 e. The van der Waals surface area contributed by atoms with Gasteiger partial charge in [0.1, 0.15) is 6.54 Å². The van der Waals surface area contributed by atoms with Crippen LogP contribution in [0.5, 0.6) is 0 Å². The second-order valence-corrected chi connectivity index (χ2v) is 10.1. The van der Waals surface area contributed by atoms with Crippen molar-refractivity contribution < 1.29 is 22.2 Å². The highest BCUT2D eigenvalue weighted by atomic mass is 32.2. The van der Waals surface area contributed by atoms with Crippen molar-refractivity contribution in [3.05, 3.63) is 30.3 Å². The molecule has 0 saturated carbocycles. The number of hydrogen-bond acceptors (Lipinski definition) is 4. The number of unbranched alkanes of at least 4 members (excludes halogenated alkanes) is 9. The Morgan fingerprint density at radius 1 is 0.828 bits per heavy atom. The van der Waals surface area contributed by atoms with Gasteiger partial charge in [0, 0.05) is 0 Å². The summed E-state index contributed by atoms with van der Waals surface area (Å²) < 4.78 is 29.6. The molecule has 0 unspecified atom stereocenters. The number of likely N-dealkylation sites (N-methyl/N-ethyl adjacent to an activating group) is 1. The van der Waals surface area contributed by atoms with Crippen LogP contribution in [0.2, 0.25) is 0 Å². The van der Waals surface area contributed by atoms with Crippen LogP contribution < -0.4 is 0 Å². The Morgan fingerprint density at radius 2 is 1.31 bits per heavy atom. The quantitative estimate of drug-likeness (QED) is 0.242. The summed E-state index contributed by atoms with van der Waals surface area (Å²) in [6.07, 6.45) is 12.3. The number of nitrogens with zero attached hydrogens (tertiary/aromatic N) is 1. The topological polar surface area (TPSA) is 63.6 Å². The number of benzene rings is 1. The summed E-state index contributed by atoms with van der Waals surface area (Å²) in [5.41, 5.74) is 0. The first-order valence-corrected chi connectivity index (χ1v) is 12.5. The Kier molecular flexibility index (Phi) is 16.3. The summed E-state index contributed by atoms with van der Waals surface area (Å²) in [6, 6.07) is 8.33. The van der Waals surface area contributed by atoms with Gasteiger partial charge in [-0.2, -0.15) is 8.42 Å². The molecule has 0 fully saturated rings. The molecule has 0 heterocycles. The molecule has 1 aromatic carbocycles. The molecule has 0 aliphatic carbocycles. The van der Waals surface area contributed by atoms with Crippen molar-refractivity contribution in [2.24, 2.45) is 0 Å². The van der Waals surface area contributed by atoms with Gasteiger partial charge in [0.2, 0.25) is 0 Å².